The number of hydrogen-bond acceptors (Lipinski definition) is 4. The highest BCUT2D eigenvalue weighted by molar-refractivity contribution is 5.60. The van der Waals surface area contributed by atoms with Gasteiger partial charge in [0.15, 0.2) is 17.5 Å². The second-order valence-corrected chi connectivity index (χ2v) is 6.25. The lowest BCUT2D eigenvalue weighted by molar-refractivity contribution is 0.340. The van der Waals surface area contributed by atoms with Gasteiger partial charge in [-0.3, -0.25) is 4.79 Å². The first kappa shape index (κ1) is 20.4. The maximum atomic E-state index is 13.8. The molecule has 2 aromatic carbocycles. The fraction of sp³-hybridized carbons (Fsp3) is 0.200. The summed E-state index contributed by atoms with van der Waals surface area (Å²) in [5.74, 6) is -4.87. The quantitative estimate of drug-likeness (QED) is 0.489. The van der Waals surface area contributed by atoms with Gasteiger partial charge < -0.3 is 14.6 Å². The Labute approximate surface area is 163 Å². The van der Waals surface area contributed by atoms with Crippen LogP contribution in [0, 0.1) is 30.2 Å². The molecule has 0 aliphatic heterocycles. The Kier molecular flexibility index (Phi) is 5.86. The van der Waals surface area contributed by atoms with Crippen molar-refractivity contribution in [1.82, 2.24) is 9.55 Å². The third-order valence-electron chi connectivity index (χ3n) is 4.10. The molecular formula is C20H17F4N3O2. The standard InChI is InChI=1S/C20H17F4N3O2/c1-3-29-13-4-5-17(11(2)6-13)25-20-26-19(28)16(23)10-27(20)9-12-7-14(21)18(24)15(22)8-12/h4-8,10H,3,9H2,1-2H3,(H,25,26,28). The van der Waals surface area contributed by atoms with Crippen molar-refractivity contribution < 1.29 is 22.3 Å². The van der Waals surface area contributed by atoms with E-state index in [1.54, 1.807) is 25.1 Å². The van der Waals surface area contributed by atoms with Gasteiger partial charge in [0.05, 0.1) is 13.2 Å². The van der Waals surface area contributed by atoms with E-state index in [0.29, 0.717) is 18.0 Å². The molecule has 1 N–H and O–H groups in total. The molecular weight excluding hydrogens is 390 g/mol. The first-order chi connectivity index (χ1) is 13.8. The topological polar surface area (TPSA) is 56.1 Å². The van der Waals surface area contributed by atoms with Crippen molar-refractivity contribution in [2.75, 3.05) is 11.9 Å². The summed E-state index contributed by atoms with van der Waals surface area (Å²) in [7, 11) is 0. The number of aryl methyl sites for hydroxylation is 1. The minimum Gasteiger partial charge on any atom is -0.494 e. The Bertz CT molecular complexity index is 1090. The molecule has 0 aliphatic carbocycles. The summed E-state index contributed by atoms with van der Waals surface area (Å²) in [5.41, 5.74) is 0.263. The molecule has 0 unspecified atom stereocenters. The highest BCUT2D eigenvalue weighted by Crippen LogP contribution is 2.24. The molecule has 29 heavy (non-hydrogen) atoms. The zero-order valence-corrected chi connectivity index (χ0v) is 15.6. The van der Waals surface area contributed by atoms with E-state index in [1.807, 2.05) is 6.92 Å². The van der Waals surface area contributed by atoms with E-state index in [2.05, 4.69) is 10.3 Å². The van der Waals surface area contributed by atoms with Crippen molar-refractivity contribution in [3.8, 4) is 5.75 Å². The van der Waals surface area contributed by atoms with Crippen molar-refractivity contribution in [3.05, 3.63) is 81.3 Å². The van der Waals surface area contributed by atoms with Gasteiger partial charge in [-0.2, -0.15) is 9.37 Å². The highest BCUT2D eigenvalue weighted by atomic mass is 19.2. The van der Waals surface area contributed by atoms with Crippen LogP contribution in [0.4, 0.5) is 29.2 Å². The Morgan fingerprint density at radius 3 is 2.38 bits per heavy atom. The van der Waals surface area contributed by atoms with Gasteiger partial charge in [-0.05, 0) is 55.3 Å². The minimum atomic E-state index is -1.60. The van der Waals surface area contributed by atoms with Crippen LogP contribution in [0.15, 0.2) is 41.3 Å². The molecule has 0 atom stereocenters. The van der Waals surface area contributed by atoms with Gasteiger partial charge in [0.2, 0.25) is 11.8 Å². The molecule has 0 amide bonds. The fourth-order valence-electron chi connectivity index (χ4n) is 2.74. The van der Waals surface area contributed by atoms with Crippen LogP contribution in [-0.4, -0.2) is 16.2 Å². The first-order valence-corrected chi connectivity index (χ1v) is 8.69. The zero-order chi connectivity index (χ0) is 21.1. The molecule has 152 valence electrons. The number of halogens is 4. The second-order valence-electron chi connectivity index (χ2n) is 6.25. The van der Waals surface area contributed by atoms with Crippen LogP contribution in [0.2, 0.25) is 0 Å². The van der Waals surface area contributed by atoms with Crippen molar-refractivity contribution in [3.63, 3.8) is 0 Å². The number of nitrogens with zero attached hydrogens (tertiary/aromatic N) is 2. The van der Waals surface area contributed by atoms with Gasteiger partial charge in [-0.15, -0.1) is 0 Å². The molecule has 0 saturated heterocycles. The Morgan fingerprint density at radius 2 is 1.76 bits per heavy atom. The van der Waals surface area contributed by atoms with E-state index in [0.717, 1.165) is 23.9 Å². The van der Waals surface area contributed by atoms with Gasteiger partial charge in [-0.1, -0.05) is 0 Å². The summed E-state index contributed by atoms with van der Waals surface area (Å²) < 4.78 is 60.5. The summed E-state index contributed by atoms with van der Waals surface area (Å²) in [5, 5.41) is 2.91. The van der Waals surface area contributed by atoms with Gasteiger partial charge in [0.25, 0.3) is 0 Å². The van der Waals surface area contributed by atoms with Crippen LogP contribution in [0.25, 0.3) is 0 Å². The van der Waals surface area contributed by atoms with Gasteiger partial charge >= 0.3 is 5.56 Å². The van der Waals surface area contributed by atoms with E-state index in [9.17, 15) is 22.4 Å². The molecule has 1 heterocycles. The van der Waals surface area contributed by atoms with Crippen molar-refractivity contribution >= 4 is 11.6 Å². The average molecular weight is 407 g/mol. The molecule has 0 aliphatic rings. The Balaban J connectivity index is 1.97. The lowest BCUT2D eigenvalue weighted by atomic mass is 10.2. The second kappa shape index (κ2) is 8.34. The third kappa shape index (κ3) is 4.56. The number of rotatable bonds is 6. The SMILES string of the molecule is CCOc1ccc(Nc2nc(=O)c(F)cn2Cc2cc(F)c(F)c(F)c2)c(C)c1. The number of ether oxygens (including phenoxy) is 1. The highest BCUT2D eigenvalue weighted by Gasteiger charge is 2.14. The Morgan fingerprint density at radius 1 is 1.07 bits per heavy atom. The normalized spacial score (nSPS) is 10.8. The van der Waals surface area contributed by atoms with E-state index in [4.69, 9.17) is 4.74 Å². The first-order valence-electron chi connectivity index (χ1n) is 8.69. The summed E-state index contributed by atoms with van der Waals surface area (Å²) in [6.45, 7) is 3.89. The maximum Gasteiger partial charge on any atom is 0.310 e. The molecule has 0 radical (unpaired) electrons. The third-order valence-corrected chi connectivity index (χ3v) is 4.10. The smallest absolute Gasteiger partial charge is 0.310 e. The van der Waals surface area contributed by atoms with Crippen LogP contribution in [0.1, 0.15) is 18.1 Å². The van der Waals surface area contributed by atoms with Crippen molar-refractivity contribution in [2.45, 2.75) is 20.4 Å². The molecule has 9 heteroatoms. The van der Waals surface area contributed by atoms with E-state index >= 15 is 0 Å². The molecule has 0 bridgehead atoms. The van der Waals surface area contributed by atoms with Gasteiger partial charge in [-0.25, -0.2) is 13.2 Å². The van der Waals surface area contributed by atoms with Crippen LogP contribution in [0.5, 0.6) is 5.75 Å². The Hall–Kier alpha value is -3.36. The van der Waals surface area contributed by atoms with Crippen LogP contribution in [0.3, 0.4) is 0 Å². The predicted molar refractivity (Wildman–Crippen MR) is 99.5 cm³/mol. The lowest BCUT2D eigenvalue weighted by Crippen LogP contribution is -2.20. The van der Waals surface area contributed by atoms with E-state index in [-0.39, 0.29) is 18.1 Å². The summed E-state index contributed by atoms with van der Waals surface area (Å²) >= 11 is 0. The monoisotopic (exact) mass is 407 g/mol. The summed E-state index contributed by atoms with van der Waals surface area (Å²) in [4.78, 5) is 15.3. The summed E-state index contributed by atoms with van der Waals surface area (Å²) in [6, 6.07) is 6.75. The molecule has 1 aromatic heterocycles. The minimum absolute atomic E-state index is 0.0257. The number of anilines is 2. The van der Waals surface area contributed by atoms with E-state index < -0.39 is 28.8 Å². The lowest BCUT2D eigenvalue weighted by Gasteiger charge is -2.16. The van der Waals surface area contributed by atoms with Crippen LogP contribution >= 0.6 is 0 Å². The molecule has 0 fully saturated rings. The predicted octanol–water partition coefficient (Wildman–Crippen LogP) is 4.30. The number of hydrogen-bond donors (Lipinski definition) is 1. The average Bonchev–Trinajstić information content (AvgIpc) is 2.66. The zero-order valence-electron chi connectivity index (χ0n) is 15.6. The van der Waals surface area contributed by atoms with Crippen molar-refractivity contribution in [2.24, 2.45) is 0 Å². The van der Waals surface area contributed by atoms with Crippen LogP contribution in [-0.2, 0) is 6.54 Å². The molecule has 5 nitrogen and oxygen atoms in total. The maximum absolute atomic E-state index is 13.8. The fourth-order valence-corrected chi connectivity index (χ4v) is 2.74. The summed E-state index contributed by atoms with van der Waals surface area (Å²) in [6.07, 6.45) is 0.862. The van der Waals surface area contributed by atoms with Gasteiger partial charge in [0, 0.05) is 11.9 Å². The van der Waals surface area contributed by atoms with Crippen LogP contribution < -0.4 is 15.6 Å². The van der Waals surface area contributed by atoms with Crippen molar-refractivity contribution in [1.29, 1.82) is 0 Å². The number of aromatic nitrogens is 2. The number of nitrogens with one attached hydrogen (secondary N) is 1. The van der Waals surface area contributed by atoms with Gasteiger partial charge in [0.1, 0.15) is 5.75 Å². The molecule has 3 rings (SSSR count). The van der Waals surface area contributed by atoms with E-state index in [1.165, 1.54) is 4.57 Å². The molecule has 3 aromatic rings. The largest absolute Gasteiger partial charge is 0.494 e. The molecule has 0 saturated carbocycles. The number of benzene rings is 2. The molecule has 0 spiro atoms.